The van der Waals surface area contributed by atoms with Crippen molar-refractivity contribution in [3.8, 4) is 5.75 Å². The summed E-state index contributed by atoms with van der Waals surface area (Å²) < 4.78 is 18.2. The molecular weight excluding hydrogens is 450 g/mol. The molecule has 9 heteroatoms. The van der Waals surface area contributed by atoms with Crippen molar-refractivity contribution >= 4 is 17.6 Å². The van der Waals surface area contributed by atoms with Crippen molar-refractivity contribution < 1.29 is 23.8 Å². The number of amides is 1. The molecule has 1 aromatic heterocycles. The van der Waals surface area contributed by atoms with Crippen molar-refractivity contribution in [2.45, 2.75) is 37.8 Å². The molecule has 1 spiro atoms. The van der Waals surface area contributed by atoms with Gasteiger partial charge in [-0.05, 0) is 25.8 Å². The molecule has 0 saturated carbocycles. The number of carbonyl (C=O) groups excluding carboxylic acids is 2. The average molecular weight is 478 g/mol. The van der Waals surface area contributed by atoms with E-state index in [1.165, 1.54) is 12.0 Å². The first-order valence-electron chi connectivity index (χ1n) is 11.5. The van der Waals surface area contributed by atoms with Crippen LogP contribution in [0.2, 0.25) is 0 Å². The third-order valence-electron chi connectivity index (χ3n) is 6.96. The van der Waals surface area contributed by atoms with Gasteiger partial charge in [-0.25, -0.2) is 4.79 Å². The van der Waals surface area contributed by atoms with Gasteiger partial charge in [-0.2, -0.15) is 0 Å². The maximum atomic E-state index is 14.3. The first-order chi connectivity index (χ1) is 16.9. The van der Waals surface area contributed by atoms with Gasteiger partial charge in [-0.3, -0.25) is 9.59 Å². The number of hydrogen-bond acceptors (Lipinski definition) is 7. The summed E-state index contributed by atoms with van der Waals surface area (Å²) in [5.74, 6) is -1.47. The van der Waals surface area contributed by atoms with Gasteiger partial charge in [0.1, 0.15) is 16.7 Å². The van der Waals surface area contributed by atoms with Crippen LogP contribution >= 0.6 is 0 Å². The molecule has 35 heavy (non-hydrogen) atoms. The minimum absolute atomic E-state index is 0.0414. The number of ether oxygens (including phenoxy) is 3. The zero-order chi connectivity index (χ0) is 24.9. The number of fused-ring (bicyclic) bond motifs is 4. The van der Waals surface area contributed by atoms with Crippen LogP contribution in [0.4, 0.5) is 5.69 Å². The number of nitrogens with zero attached hydrogens (tertiary/aromatic N) is 2. The van der Waals surface area contributed by atoms with Crippen LogP contribution in [0, 0.1) is 6.92 Å². The Morgan fingerprint density at radius 3 is 2.80 bits per heavy atom. The summed E-state index contributed by atoms with van der Waals surface area (Å²) in [6.07, 6.45) is 3.23. The number of aromatic nitrogens is 1. The Balaban J connectivity index is 1.86. The molecule has 2 atom stereocenters. The Morgan fingerprint density at radius 1 is 1.34 bits per heavy atom. The molecule has 182 valence electrons. The quantitative estimate of drug-likeness (QED) is 0.517. The van der Waals surface area contributed by atoms with E-state index in [2.05, 4.69) is 6.58 Å². The number of aryl methyl sites for hydroxylation is 1. The molecule has 4 heterocycles. The van der Waals surface area contributed by atoms with E-state index in [1.54, 1.807) is 47.9 Å². The Bertz CT molecular complexity index is 1340. The van der Waals surface area contributed by atoms with Gasteiger partial charge in [0.15, 0.2) is 0 Å². The molecule has 1 aromatic carbocycles. The maximum absolute atomic E-state index is 14.3. The number of carbonyl (C=O) groups is 2. The van der Waals surface area contributed by atoms with E-state index in [9.17, 15) is 14.4 Å². The standard InChI is InChI=1S/C26H27N3O6/c1-4-11-28-18-10-6-5-9-17(18)26(25(28)32)20-19(35-22(27)21(26)24(31)33-3)13-15(2)29(23(20)30)14-16-8-7-12-34-16/h4-6,9-10,13,16H,1,7-8,11-12,14,27H2,2-3H3/t16-,26+/m1/s1. The molecular formula is C26H27N3O6. The molecule has 5 rings (SSSR count). The van der Waals surface area contributed by atoms with Crippen molar-refractivity contribution in [1.29, 1.82) is 0 Å². The largest absolute Gasteiger partial charge is 0.465 e. The van der Waals surface area contributed by atoms with E-state index in [1.807, 2.05) is 0 Å². The number of pyridine rings is 1. The Kier molecular flexibility index (Phi) is 5.52. The highest BCUT2D eigenvalue weighted by molar-refractivity contribution is 6.18. The van der Waals surface area contributed by atoms with E-state index in [0.717, 1.165) is 12.8 Å². The van der Waals surface area contributed by atoms with Crippen LogP contribution in [0.3, 0.4) is 0 Å². The first kappa shape index (κ1) is 22.9. The Labute approximate surface area is 202 Å². The summed E-state index contributed by atoms with van der Waals surface area (Å²) in [5, 5.41) is 0. The predicted octanol–water partition coefficient (Wildman–Crippen LogP) is 1.89. The second kappa shape index (κ2) is 8.42. The summed E-state index contributed by atoms with van der Waals surface area (Å²) in [4.78, 5) is 43.1. The molecule has 9 nitrogen and oxygen atoms in total. The van der Waals surface area contributed by atoms with Crippen LogP contribution < -0.4 is 20.9 Å². The van der Waals surface area contributed by atoms with Crippen molar-refractivity contribution in [2.75, 3.05) is 25.2 Å². The third kappa shape index (κ3) is 3.15. The fourth-order valence-electron chi connectivity index (χ4n) is 5.47. The van der Waals surface area contributed by atoms with Gasteiger partial charge in [0.05, 0.1) is 25.3 Å². The second-order valence-electron chi connectivity index (χ2n) is 8.88. The van der Waals surface area contributed by atoms with Crippen molar-refractivity contribution in [2.24, 2.45) is 5.73 Å². The number of rotatable bonds is 5. The van der Waals surface area contributed by atoms with Gasteiger partial charge in [0.2, 0.25) is 11.8 Å². The lowest BCUT2D eigenvalue weighted by molar-refractivity contribution is -0.138. The summed E-state index contributed by atoms with van der Waals surface area (Å²) in [6, 6.07) is 8.72. The topological polar surface area (TPSA) is 113 Å². The summed E-state index contributed by atoms with van der Waals surface area (Å²) in [7, 11) is 1.20. The molecule has 2 aromatic rings. The van der Waals surface area contributed by atoms with Crippen molar-refractivity contribution in [3.05, 3.63) is 81.6 Å². The molecule has 1 amide bonds. The van der Waals surface area contributed by atoms with Gasteiger partial charge in [0.25, 0.3) is 5.56 Å². The normalized spacial score (nSPS) is 22.7. The van der Waals surface area contributed by atoms with E-state index in [-0.39, 0.29) is 35.4 Å². The molecule has 0 radical (unpaired) electrons. The zero-order valence-corrected chi connectivity index (χ0v) is 19.7. The predicted molar refractivity (Wildman–Crippen MR) is 128 cm³/mol. The fraction of sp³-hybridized carbons (Fsp3) is 0.346. The van der Waals surface area contributed by atoms with Gasteiger partial charge < -0.3 is 29.4 Å². The molecule has 0 unspecified atom stereocenters. The number of benzene rings is 1. The highest BCUT2D eigenvalue weighted by Gasteiger charge is 2.62. The Hall–Kier alpha value is -3.85. The van der Waals surface area contributed by atoms with Gasteiger partial charge in [0, 0.05) is 36.2 Å². The second-order valence-corrected chi connectivity index (χ2v) is 8.88. The van der Waals surface area contributed by atoms with E-state index >= 15 is 0 Å². The number of para-hydroxylation sites is 1. The van der Waals surface area contributed by atoms with Crippen LogP contribution in [0.5, 0.6) is 5.75 Å². The van der Waals surface area contributed by atoms with Crippen molar-refractivity contribution in [3.63, 3.8) is 0 Å². The highest BCUT2D eigenvalue weighted by atomic mass is 16.5. The SMILES string of the molecule is C=CCN1C(=O)[C@@]2(C(C(=O)OC)=C(N)Oc3cc(C)n(C[C@H]4CCCO4)c(=O)c32)c2ccccc21. The minimum atomic E-state index is -1.83. The molecule has 1 saturated heterocycles. The number of methoxy groups -OCH3 is 1. The number of nitrogens with two attached hydrogens (primary N) is 1. The van der Waals surface area contributed by atoms with E-state index in [4.69, 9.17) is 19.9 Å². The number of hydrogen-bond donors (Lipinski definition) is 1. The highest BCUT2D eigenvalue weighted by Crippen LogP contribution is 2.54. The number of esters is 1. The monoisotopic (exact) mass is 477 g/mol. The van der Waals surface area contributed by atoms with Crippen LogP contribution in [0.25, 0.3) is 0 Å². The van der Waals surface area contributed by atoms with Crippen LogP contribution in [-0.2, 0) is 31.0 Å². The smallest absolute Gasteiger partial charge is 0.340 e. The molecule has 1 fully saturated rings. The maximum Gasteiger partial charge on any atom is 0.340 e. The third-order valence-corrected chi connectivity index (χ3v) is 6.96. The fourth-order valence-corrected chi connectivity index (χ4v) is 5.47. The van der Waals surface area contributed by atoms with E-state index in [0.29, 0.717) is 30.1 Å². The number of anilines is 1. The molecule has 2 N–H and O–H groups in total. The minimum Gasteiger partial charge on any atom is -0.465 e. The Morgan fingerprint density at radius 2 is 2.11 bits per heavy atom. The molecule has 3 aliphatic heterocycles. The molecule has 0 bridgehead atoms. The summed E-state index contributed by atoms with van der Waals surface area (Å²) in [6.45, 7) is 6.71. The van der Waals surface area contributed by atoms with Crippen LogP contribution in [0.1, 0.15) is 29.7 Å². The van der Waals surface area contributed by atoms with Gasteiger partial charge >= 0.3 is 5.97 Å². The summed E-state index contributed by atoms with van der Waals surface area (Å²) in [5.41, 5.74) is 5.50. The average Bonchev–Trinajstić information content (AvgIpc) is 3.43. The molecule has 3 aliphatic rings. The van der Waals surface area contributed by atoms with E-state index < -0.39 is 22.9 Å². The first-order valence-corrected chi connectivity index (χ1v) is 11.5. The van der Waals surface area contributed by atoms with Crippen LogP contribution in [-0.4, -0.2) is 42.8 Å². The lowest BCUT2D eigenvalue weighted by Crippen LogP contribution is -2.52. The summed E-state index contributed by atoms with van der Waals surface area (Å²) >= 11 is 0. The molecule has 0 aliphatic carbocycles. The zero-order valence-electron chi connectivity index (χ0n) is 19.7. The van der Waals surface area contributed by atoms with Crippen molar-refractivity contribution in [1.82, 2.24) is 4.57 Å². The van der Waals surface area contributed by atoms with Crippen LogP contribution in [0.15, 0.2) is 59.2 Å². The lowest BCUT2D eigenvalue weighted by Gasteiger charge is -2.36. The lowest BCUT2D eigenvalue weighted by atomic mass is 9.68. The van der Waals surface area contributed by atoms with Gasteiger partial charge in [-0.1, -0.05) is 24.3 Å². The van der Waals surface area contributed by atoms with Gasteiger partial charge in [-0.15, -0.1) is 6.58 Å².